The second kappa shape index (κ2) is 8.75. The lowest BCUT2D eigenvalue weighted by Crippen LogP contribution is -2.31. The van der Waals surface area contributed by atoms with Crippen molar-refractivity contribution in [2.75, 3.05) is 25.5 Å². The van der Waals surface area contributed by atoms with Crippen molar-refractivity contribution < 1.29 is 17.9 Å². The third-order valence-corrected chi connectivity index (χ3v) is 6.88. The largest absolute Gasteiger partial charge is 0.496 e. The zero-order valence-electron chi connectivity index (χ0n) is 16.3. The van der Waals surface area contributed by atoms with Gasteiger partial charge in [-0.05, 0) is 67.8 Å². The van der Waals surface area contributed by atoms with E-state index in [2.05, 4.69) is 5.32 Å². The number of nitrogens with zero attached hydrogens (tertiary/aromatic N) is 1. The highest BCUT2D eigenvalue weighted by Crippen LogP contribution is 2.23. The average molecular weight is 403 g/mol. The summed E-state index contributed by atoms with van der Waals surface area (Å²) in [6.07, 6.45) is 3.94. The number of anilines is 1. The van der Waals surface area contributed by atoms with Gasteiger partial charge in [-0.25, -0.2) is 8.42 Å². The molecule has 0 aliphatic carbocycles. The van der Waals surface area contributed by atoms with Crippen molar-refractivity contribution in [2.45, 2.75) is 37.5 Å². The first-order valence-electron chi connectivity index (χ1n) is 9.48. The molecule has 2 aromatic rings. The Morgan fingerprint density at radius 3 is 2.21 bits per heavy atom. The van der Waals surface area contributed by atoms with Gasteiger partial charge < -0.3 is 10.1 Å². The molecular formula is C21H26N2O4S. The van der Waals surface area contributed by atoms with Crippen molar-refractivity contribution in [2.24, 2.45) is 0 Å². The quantitative estimate of drug-likeness (QED) is 0.825. The number of hydrogen-bond acceptors (Lipinski definition) is 4. The van der Waals surface area contributed by atoms with Crippen LogP contribution in [-0.4, -0.2) is 38.8 Å². The Labute approximate surface area is 166 Å². The van der Waals surface area contributed by atoms with Crippen molar-refractivity contribution in [3.63, 3.8) is 0 Å². The molecule has 6 nitrogen and oxygen atoms in total. The number of benzene rings is 2. The molecule has 0 aromatic heterocycles. The number of methoxy groups -OCH3 is 1. The molecule has 1 aliphatic rings. The van der Waals surface area contributed by atoms with E-state index in [9.17, 15) is 13.2 Å². The molecule has 3 rings (SSSR count). The van der Waals surface area contributed by atoms with Crippen LogP contribution in [0.25, 0.3) is 0 Å². The minimum Gasteiger partial charge on any atom is -0.496 e. The summed E-state index contributed by atoms with van der Waals surface area (Å²) in [5, 5.41) is 2.80. The Balaban J connectivity index is 1.71. The summed E-state index contributed by atoms with van der Waals surface area (Å²) < 4.78 is 32.4. The molecule has 1 fully saturated rings. The zero-order valence-corrected chi connectivity index (χ0v) is 17.1. The standard InChI is InChI=1S/C21H26N2O4S/c1-16-15-17(7-12-20(16)27-2)21(24)22-18-8-10-19(11-9-18)28(25,26)23-13-5-3-4-6-14-23/h7-12,15H,3-6,13-14H2,1-2H3,(H,22,24). The maximum Gasteiger partial charge on any atom is 0.255 e. The molecule has 1 heterocycles. The molecule has 0 spiro atoms. The van der Waals surface area contributed by atoms with Crippen LogP contribution in [0.1, 0.15) is 41.6 Å². The van der Waals surface area contributed by atoms with Crippen molar-refractivity contribution in [1.29, 1.82) is 0 Å². The van der Waals surface area contributed by atoms with E-state index in [0.717, 1.165) is 37.0 Å². The van der Waals surface area contributed by atoms with Crippen LogP contribution >= 0.6 is 0 Å². The summed E-state index contributed by atoms with van der Waals surface area (Å²) in [6, 6.07) is 11.6. The number of aryl methyl sites for hydroxylation is 1. The topological polar surface area (TPSA) is 75.7 Å². The van der Waals surface area contributed by atoms with E-state index in [1.165, 1.54) is 0 Å². The maximum atomic E-state index is 12.8. The van der Waals surface area contributed by atoms with Crippen molar-refractivity contribution in [1.82, 2.24) is 4.31 Å². The summed E-state index contributed by atoms with van der Waals surface area (Å²) in [5.74, 6) is 0.466. The molecule has 28 heavy (non-hydrogen) atoms. The monoisotopic (exact) mass is 402 g/mol. The average Bonchev–Trinajstić information content (AvgIpc) is 2.98. The van der Waals surface area contributed by atoms with E-state index in [0.29, 0.717) is 24.3 Å². The highest BCUT2D eigenvalue weighted by Gasteiger charge is 2.25. The highest BCUT2D eigenvalue weighted by atomic mass is 32.2. The molecule has 7 heteroatoms. The van der Waals surface area contributed by atoms with Crippen LogP contribution in [0.2, 0.25) is 0 Å². The fourth-order valence-corrected chi connectivity index (χ4v) is 4.88. The molecule has 0 radical (unpaired) electrons. The van der Waals surface area contributed by atoms with Crippen LogP contribution in [0.5, 0.6) is 5.75 Å². The number of rotatable bonds is 5. The Hall–Kier alpha value is -2.38. The van der Waals surface area contributed by atoms with Crippen LogP contribution in [0, 0.1) is 6.92 Å². The van der Waals surface area contributed by atoms with Crippen molar-refractivity contribution >= 4 is 21.6 Å². The Morgan fingerprint density at radius 2 is 1.64 bits per heavy atom. The molecular weight excluding hydrogens is 376 g/mol. The fraction of sp³-hybridized carbons (Fsp3) is 0.381. The predicted octanol–water partition coefficient (Wildman–Crippen LogP) is 3.82. The van der Waals surface area contributed by atoms with Crippen LogP contribution in [0.4, 0.5) is 5.69 Å². The number of sulfonamides is 1. The van der Waals surface area contributed by atoms with Crippen LogP contribution in [-0.2, 0) is 10.0 Å². The molecule has 150 valence electrons. The molecule has 2 aromatic carbocycles. The van der Waals surface area contributed by atoms with Gasteiger partial charge in [0.1, 0.15) is 5.75 Å². The molecule has 0 unspecified atom stereocenters. The van der Waals surface area contributed by atoms with E-state index in [1.807, 2.05) is 6.92 Å². The Kier molecular flexibility index (Phi) is 6.36. The van der Waals surface area contributed by atoms with Gasteiger partial charge in [0.25, 0.3) is 5.91 Å². The molecule has 0 saturated carbocycles. The van der Waals surface area contributed by atoms with Gasteiger partial charge >= 0.3 is 0 Å². The number of carbonyl (C=O) groups excluding carboxylic acids is 1. The molecule has 0 bridgehead atoms. The summed E-state index contributed by atoms with van der Waals surface area (Å²) >= 11 is 0. The van der Waals surface area contributed by atoms with E-state index in [-0.39, 0.29) is 10.8 Å². The van der Waals surface area contributed by atoms with Gasteiger partial charge in [0.2, 0.25) is 10.0 Å². The Bertz CT molecular complexity index is 931. The van der Waals surface area contributed by atoms with Crippen molar-refractivity contribution in [3.8, 4) is 5.75 Å². The summed E-state index contributed by atoms with van der Waals surface area (Å²) in [5.41, 5.74) is 1.93. The lowest BCUT2D eigenvalue weighted by molar-refractivity contribution is 0.102. The predicted molar refractivity (Wildman–Crippen MR) is 109 cm³/mol. The smallest absolute Gasteiger partial charge is 0.255 e. The zero-order chi connectivity index (χ0) is 20.1. The summed E-state index contributed by atoms with van der Waals surface area (Å²) in [6.45, 7) is 3.01. The lowest BCUT2D eigenvalue weighted by Gasteiger charge is -2.20. The number of nitrogens with one attached hydrogen (secondary N) is 1. The fourth-order valence-electron chi connectivity index (χ4n) is 3.36. The normalized spacial score (nSPS) is 15.6. The van der Waals surface area contributed by atoms with Crippen molar-refractivity contribution in [3.05, 3.63) is 53.6 Å². The first-order valence-corrected chi connectivity index (χ1v) is 10.9. The van der Waals surface area contributed by atoms with Crippen LogP contribution < -0.4 is 10.1 Å². The van der Waals surface area contributed by atoms with Gasteiger partial charge in [0.05, 0.1) is 12.0 Å². The highest BCUT2D eigenvalue weighted by molar-refractivity contribution is 7.89. The lowest BCUT2D eigenvalue weighted by atomic mass is 10.1. The van der Waals surface area contributed by atoms with E-state index < -0.39 is 10.0 Å². The number of amides is 1. The van der Waals surface area contributed by atoms with Gasteiger partial charge in [-0.3, -0.25) is 4.79 Å². The van der Waals surface area contributed by atoms with E-state index in [4.69, 9.17) is 4.74 Å². The third kappa shape index (κ3) is 4.54. The number of ether oxygens (including phenoxy) is 1. The second-order valence-electron chi connectivity index (χ2n) is 6.98. The molecule has 1 aliphatic heterocycles. The first kappa shape index (κ1) is 20.4. The summed E-state index contributed by atoms with van der Waals surface area (Å²) in [4.78, 5) is 12.7. The maximum absolute atomic E-state index is 12.8. The number of carbonyl (C=O) groups is 1. The summed E-state index contributed by atoms with van der Waals surface area (Å²) in [7, 11) is -1.90. The van der Waals surface area contributed by atoms with Gasteiger partial charge in [-0.2, -0.15) is 4.31 Å². The molecule has 1 N–H and O–H groups in total. The minimum absolute atomic E-state index is 0.256. The van der Waals surface area contributed by atoms with E-state index in [1.54, 1.807) is 53.9 Å². The minimum atomic E-state index is -3.49. The molecule has 0 atom stereocenters. The van der Waals surface area contributed by atoms with Gasteiger partial charge in [0.15, 0.2) is 0 Å². The molecule has 1 amide bonds. The van der Waals surface area contributed by atoms with Gasteiger partial charge in [0, 0.05) is 24.3 Å². The van der Waals surface area contributed by atoms with Gasteiger partial charge in [-0.1, -0.05) is 12.8 Å². The van der Waals surface area contributed by atoms with Gasteiger partial charge in [-0.15, -0.1) is 0 Å². The number of hydrogen-bond donors (Lipinski definition) is 1. The second-order valence-corrected chi connectivity index (χ2v) is 8.92. The van der Waals surface area contributed by atoms with E-state index >= 15 is 0 Å². The SMILES string of the molecule is COc1ccc(C(=O)Nc2ccc(S(=O)(=O)N3CCCCCC3)cc2)cc1C. The van der Waals surface area contributed by atoms with Crippen LogP contribution in [0.3, 0.4) is 0 Å². The Morgan fingerprint density at radius 1 is 1.00 bits per heavy atom. The molecule has 1 saturated heterocycles. The first-order chi connectivity index (χ1) is 13.4. The van der Waals surface area contributed by atoms with Crippen LogP contribution in [0.15, 0.2) is 47.4 Å². The third-order valence-electron chi connectivity index (χ3n) is 4.97.